The maximum absolute atomic E-state index is 12.2. The van der Waals surface area contributed by atoms with E-state index in [1.54, 1.807) is 5.38 Å². The summed E-state index contributed by atoms with van der Waals surface area (Å²) in [6, 6.07) is 6.01. The standard InChI is InChI=1S/C19H25N3O3S/c1-14-3-4-16(11-15(14)2)25-12-18-21-17(13-26-18)19(23)20-5-6-22-7-9-24-10-8-22/h3-4,11,13H,5-10,12H2,1-2H3,(H,20,23). The number of nitrogens with zero attached hydrogens (tertiary/aromatic N) is 2. The molecule has 1 N–H and O–H groups in total. The number of hydrogen-bond acceptors (Lipinski definition) is 6. The van der Waals surface area contributed by atoms with E-state index in [4.69, 9.17) is 9.47 Å². The number of amides is 1. The number of carbonyl (C=O) groups excluding carboxylic acids is 1. The SMILES string of the molecule is Cc1ccc(OCc2nc(C(=O)NCCN3CCOCC3)cs2)cc1C. The minimum Gasteiger partial charge on any atom is -0.486 e. The summed E-state index contributed by atoms with van der Waals surface area (Å²) in [7, 11) is 0. The molecule has 1 aromatic heterocycles. The highest BCUT2D eigenvalue weighted by Gasteiger charge is 2.13. The van der Waals surface area contributed by atoms with Crippen LogP contribution in [0.15, 0.2) is 23.6 Å². The fraction of sp³-hybridized carbons (Fsp3) is 0.474. The molecule has 26 heavy (non-hydrogen) atoms. The van der Waals surface area contributed by atoms with E-state index in [-0.39, 0.29) is 5.91 Å². The zero-order valence-electron chi connectivity index (χ0n) is 15.3. The van der Waals surface area contributed by atoms with E-state index >= 15 is 0 Å². The van der Waals surface area contributed by atoms with Crippen LogP contribution < -0.4 is 10.1 Å². The highest BCUT2D eigenvalue weighted by molar-refractivity contribution is 7.09. The van der Waals surface area contributed by atoms with Crippen molar-refractivity contribution in [1.29, 1.82) is 0 Å². The maximum atomic E-state index is 12.2. The number of aromatic nitrogens is 1. The Hall–Kier alpha value is -1.96. The van der Waals surface area contributed by atoms with Crippen LogP contribution in [-0.2, 0) is 11.3 Å². The molecule has 2 heterocycles. The second-order valence-electron chi connectivity index (χ2n) is 6.37. The van der Waals surface area contributed by atoms with Crippen LogP contribution in [0.5, 0.6) is 5.75 Å². The Morgan fingerprint density at radius 2 is 2.12 bits per heavy atom. The molecule has 1 aromatic carbocycles. The molecule has 1 saturated heterocycles. The molecule has 7 heteroatoms. The summed E-state index contributed by atoms with van der Waals surface area (Å²) < 4.78 is 11.1. The first-order valence-electron chi connectivity index (χ1n) is 8.84. The number of carbonyl (C=O) groups is 1. The summed E-state index contributed by atoms with van der Waals surface area (Å²) >= 11 is 1.44. The summed E-state index contributed by atoms with van der Waals surface area (Å²) in [6.07, 6.45) is 0. The molecule has 0 bridgehead atoms. The molecule has 0 atom stereocenters. The highest BCUT2D eigenvalue weighted by Crippen LogP contribution is 2.19. The van der Waals surface area contributed by atoms with Crippen molar-refractivity contribution in [3.63, 3.8) is 0 Å². The van der Waals surface area contributed by atoms with Gasteiger partial charge in [-0.15, -0.1) is 11.3 Å². The van der Waals surface area contributed by atoms with Gasteiger partial charge in [-0.2, -0.15) is 0 Å². The number of aryl methyl sites for hydroxylation is 2. The van der Waals surface area contributed by atoms with Gasteiger partial charge in [0.25, 0.3) is 5.91 Å². The minimum absolute atomic E-state index is 0.132. The molecule has 0 unspecified atom stereocenters. The molecule has 140 valence electrons. The largest absolute Gasteiger partial charge is 0.486 e. The highest BCUT2D eigenvalue weighted by atomic mass is 32.1. The van der Waals surface area contributed by atoms with Crippen LogP contribution in [0, 0.1) is 13.8 Å². The molecule has 6 nitrogen and oxygen atoms in total. The van der Waals surface area contributed by atoms with Gasteiger partial charge in [0.05, 0.1) is 13.2 Å². The molecule has 1 aliphatic rings. The topological polar surface area (TPSA) is 63.7 Å². The molecule has 1 aliphatic heterocycles. The van der Waals surface area contributed by atoms with Gasteiger partial charge in [0.15, 0.2) is 0 Å². The molecule has 0 aliphatic carbocycles. The van der Waals surface area contributed by atoms with Gasteiger partial charge in [0.2, 0.25) is 0 Å². The lowest BCUT2D eigenvalue weighted by molar-refractivity contribution is 0.0383. The second kappa shape index (κ2) is 9.12. The van der Waals surface area contributed by atoms with Crippen LogP contribution in [0.25, 0.3) is 0 Å². The summed E-state index contributed by atoms with van der Waals surface area (Å²) in [4.78, 5) is 18.9. The fourth-order valence-corrected chi connectivity index (χ4v) is 3.36. The molecule has 1 amide bonds. The van der Waals surface area contributed by atoms with Crippen LogP contribution in [0.4, 0.5) is 0 Å². The predicted octanol–water partition coefficient (Wildman–Crippen LogP) is 2.40. The van der Waals surface area contributed by atoms with E-state index in [2.05, 4.69) is 29.0 Å². The van der Waals surface area contributed by atoms with Crippen molar-refractivity contribution in [3.05, 3.63) is 45.4 Å². The van der Waals surface area contributed by atoms with Gasteiger partial charge in [-0.1, -0.05) is 6.07 Å². The third-order valence-electron chi connectivity index (χ3n) is 4.44. The third kappa shape index (κ3) is 5.27. The predicted molar refractivity (Wildman–Crippen MR) is 102 cm³/mol. The van der Waals surface area contributed by atoms with Crippen molar-refractivity contribution in [3.8, 4) is 5.75 Å². The molecule has 0 radical (unpaired) electrons. The van der Waals surface area contributed by atoms with Crippen molar-refractivity contribution in [2.24, 2.45) is 0 Å². The zero-order chi connectivity index (χ0) is 18.4. The zero-order valence-corrected chi connectivity index (χ0v) is 16.1. The molecule has 0 spiro atoms. The van der Waals surface area contributed by atoms with Crippen molar-refractivity contribution in [2.45, 2.75) is 20.5 Å². The van der Waals surface area contributed by atoms with Crippen LogP contribution in [0.3, 0.4) is 0 Å². The smallest absolute Gasteiger partial charge is 0.270 e. The van der Waals surface area contributed by atoms with E-state index in [1.807, 2.05) is 18.2 Å². The maximum Gasteiger partial charge on any atom is 0.270 e. The van der Waals surface area contributed by atoms with Crippen LogP contribution in [0.2, 0.25) is 0 Å². The lowest BCUT2D eigenvalue weighted by Crippen LogP contribution is -2.41. The van der Waals surface area contributed by atoms with Crippen LogP contribution >= 0.6 is 11.3 Å². The van der Waals surface area contributed by atoms with Crippen molar-refractivity contribution in [2.75, 3.05) is 39.4 Å². The fourth-order valence-electron chi connectivity index (χ4n) is 2.67. The first-order valence-corrected chi connectivity index (χ1v) is 9.72. The monoisotopic (exact) mass is 375 g/mol. The summed E-state index contributed by atoms with van der Waals surface area (Å²) in [6.45, 7) is 9.34. The van der Waals surface area contributed by atoms with E-state index in [0.29, 0.717) is 18.8 Å². The first kappa shape index (κ1) is 18.8. The molecular weight excluding hydrogens is 350 g/mol. The quantitative estimate of drug-likeness (QED) is 0.805. The molecule has 0 saturated carbocycles. The molecule has 3 rings (SSSR count). The van der Waals surface area contributed by atoms with E-state index in [9.17, 15) is 4.79 Å². The molecule has 2 aromatic rings. The first-order chi connectivity index (χ1) is 12.6. The van der Waals surface area contributed by atoms with Gasteiger partial charge in [0, 0.05) is 31.6 Å². The number of nitrogens with one attached hydrogen (secondary N) is 1. The third-order valence-corrected chi connectivity index (χ3v) is 5.26. The normalized spacial score (nSPS) is 15.0. The summed E-state index contributed by atoms with van der Waals surface area (Å²) in [5.74, 6) is 0.687. The van der Waals surface area contributed by atoms with Crippen molar-refractivity contribution < 1.29 is 14.3 Å². The van der Waals surface area contributed by atoms with Gasteiger partial charge in [-0.05, 0) is 37.1 Å². The Balaban J connectivity index is 1.44. The van der Waals surface area contributed by atoms with Gasteiger partial charge in [-0.25, -0.2) is 4.98 Å². The number of rotatable bonds is 7. The van der Waals surface area contributed by atoms with Crippen LogP contribution in [0.1, 0.15) is 26.6 Å². The van der Waals surface area contributed by atoms with Gasteiger partial charge in [0.1, 0.15) is 23.1 Å². The number of thiazole rings is 1. The van der Waals surface area contributed by atoms with E-state index in [1.165, 1.54) is 22.5 Å². The number of benzene rings is 1. The lowest BCUT2D eigenvalue weighted by atomic mass is 10.1. The van der Waals surface area contributed by atoms with E-state index in [0.717, 1.165) is 43.6 Å². The van der Waals surface area contributed by atoms with Crippen molar-refractivity contribution in [1.82, 2.24) is 15.2 Å². The molecule has 1 fully saturated rings. The average Bonchev–Trinajstić information content (AvgIpc) is 3.13. The second-order valence-corrected chi connectivity index (χ2v) is 7.31. The molecular formula is C19H25N3O3S. The van der Waals surface area contributed by atoms with Gasteiger partial charge < -0.3 is 14.8 Å². The van der Waals surface area contributed by atoms with Gasteiger partial charge in [-0.3, -0.25) is 9.69 Å². The average molecular weight is 375 g/mol. The lowest BCUT2D eigenvalue weighted by Gasteiger charge is -2.26. The van der Waals surface area contributed by atoms with Crippen LogP contribution in [-0.4, -0.2) is 55.2 Å². The number of ether oxygens (including phenoxy) is 2. The minimum atomic E-state index is -0.132. The Morgan fingerprint density at radius 3 is 2.88 bits per heavy atom. The Bertz CT molecular complexity index is 741. The summed E-state index contributed by atoms with van der Waals surface area (Å²) in [5.41, 5.74) is 2.89. The Morgan fingerprint density at radius 1 is 1.31 bits per heavy atom. The van der Waals surface area contributed by atoms with Crippen molar-refractivity contribution >= 4 is 17.2 Å². The Labute approximate surface area is 158 Å². The number of hydrogen-bond donors (Lipinski definition) is 1. The van der Waals surface area contributed by atoms with E-state index < -0.39 is 0 Å². The summed E-state index contributed by atoms with van der Waals surface area (Å²) in [5, 5.41) is 5.50. The number of morpholine rings is 1. The Kier molecular flexibility index (Phi) is 6.60. The van der Waals surface area contributed by atoms with Gasteiger partial charge >= 0.3 is 0 Å².